The van der Waals surface area contributed by atoms with Crippen molar-refractivity contribution in [3.63, 3.8) is 0 Å². The largest absolute Gasteiger partial charge is 0.387 e. The van der Waals surface area contributed by atoms with Crippen molar-refractivity contribution in [3.05, 3.63) is 34.9 Å². The van der Waals surface area contributed by atoms with E-state index >= 15 is 0 Å². The molecule has 120 valence electrons. The first-order valence-electron chi connectivity index (χ1n) is 8.09. The number of hydrogen-bond acceptors (Lipinski definition) is 3. The Bertz CT molecular complexity index is 512. The van der Waals surface area contributed by atoms with E-state index in [9.17, 15) is 9.90 Å². The Balaban J connectivity index is 1.49. The Morgan fingerprint density at radius 3 is 2.45 bits per heavy atom. The van der Waals surface area contributed by atoms with Gasteiger partial charge in [-0.15, -0.1) is 0 Å². The van der Waals surface area contributed by atoms with E-state index in [1.807, 2.05) is 24.3 Å². The minimum absolute atomic E-state index is 0.319. The molecule has 1 amide bonds. The number of halogens is 1. The number of aliphatic hydroxyl groups excluding tert-OH is 1. The van der Waals surface area contributed by atoms with Crippen LogP contribution < -0.4 is 0 Å². The van der Waals surface area contributed by atoms with Crippen LogP contribution in [-0.4, -0.2) is 53.0 Å². The smallest absolute Gasteiger partial charge is 0.222 e. The first kappa shape index (κ1) is 15.8. The van der Waals surface area contributed by atoms with Gasteiger partial charge in [-0.3, -0.25) is 4.79 Å². The molecule has 0 saturated carbocycles. The van der Waals surface area contributed by atoms with Crippen LogP contribution in [0.3, 0.4) is 0 Å². The van der Waals surface area contributed by atoms with Crippen LogP contribution in [-0.2, 0) is 4.79 Å². The topological polar surface area (TPSA) is 43.8 Å². The van der Waals surface area contributed by atoms with Crippen molar-refractivity contribution in [1.29, 1.82) is 0 Å². The van der Waals surface area contributed by atoms with Gasteiger partial charge < -0.3 is 14.9 Å². The molecule has 1 aromatic rings. The molecule has 2 heterocycles. The Morgan fingerprint density at radius 1 is 1.18 bits per heavy atom. The summed E-state index contributed by atoms with van der Waals surface area (Å²) < 4.78 is 0. The van der Waals surface area contributed by atoms with E-state index in [0.717, 1.165) is 50.9 Å². The molecule has 1 aromatic carbocycles. The second kappa shape index (κ2) is 6.99. The highest BCUT2D eigenvalue weighted by Gasteiger charge is 2.31. The Kier molecular flexibility index (Phi) is 5.01. The van der Waals surface area contributed by atoms with E-state index < -0.39 is 6.10 Å². The van der Waals surface area contributed by atoms with E-state index in [4.69, 9.17) is 11.6 Å². The van der Waals surface area contributed by atoms with Crippen molar-refractivity contribution in [1.82, 2.24) is 9.80 Å². The molecule has 22 heavy (non-hydrogen) atoms. The molecule has 5 heteroatoms. The van der Waals surface area contributed by atoms with E-state index in [1.165, 1.54) is 0 Å². The number of piperidine rings is 1. The highest BCUT2D eigenvalue weighted by Crippen LogP contribution is 2.24. The van der Waals surface area contributed by atoms with E-state index in [1.54, 1.807) is 0 Å². The van der Waals surface area contributed by atoms with E-state index in [0.29, 0.717) is 23.5 Å². The fourth-order valence-electron chi connectivity index (χ4n) is 3.50. The van der Waals surface area contributed by atoms with Crippen molar-refractivity contribution >= 4 is 17.5 Å². The van der Waals surface area contributed by atoms with E-state index in [-0.39, 0.29) is 0 Å². The van der Waals surface area contributed by atoms with Crippen LogP contribution in [0.4, 0.5) is 0 Å². The number of carbonyl (C=O) groups excluding carboxylic acids is 1. The second-order valence-corrected chi connectivity index (χ2v) is 6.73. The summed E-state index contributed by atoms with van der Waals surface area (Å²) in [4.78, 5) is 16.2. The number of benzene rings is 1. The molecule has 2 aliphatic heterocycles. The number of hydrogen-bond donors (Lipinski definition) is 1. The number of likely N-dealkylation sites (tertiary alicyclic amines) is 2. The molecule has 1 atom stereocenters. The van der Waals surface area contributed by atoms with E-state index in [2.05, 4.69) is 9.80 Å². The van der Waals surface area contributed by atoms with Crippen molar-refractivity contribution < 1.29 is 9.90 Å². The molecule has 2 aliphatic rings. The average molecular weight is 323 g/mol. The summed E-state index contributed by atoms with van der Waals surface area (Å²) in [6.45, 7) is 3.46. The lowest BCUT2D eigenvalue weighted by atomic mass is 10.0. The summed E-state index contributed by atoms with van der Waals surface area (Å²) in [5.74, 6) is 0.319. The number of aliphatic hydroxyl groups is 1. The fraction of sp³-hybridized carbons (Fsp3) is 0.588. The number of rotatable bonds is 4. The summed E-state index contributed by atoms with van der Waals surface area (Å²) >= 11 is 5.87. The molecule has 2 saturated heterocycles. The number of amides is 1. The highest BCUT2D eigenvalue weighted by molar-refractivity contribution is 6.30. The van der Waals surface area contributed by atoms with Crippen LogP contribution in [0.25, 0.3) is 0 Å². The molecule has 4 nitrogen and oxygen atoms in total. The van der Waals surface area contributed by atoms with Gasteiger partial charge in [-0.1, -0.05) is 23.7 Å². The lowest BCUT2D eigenvalue weighted by molar-refractivity contribution is -0.130. The van der Waals surface area contributed by atoms with Gasteiger partial charge >= 0.3 is 0 Å². The minimum Gasteiger partial charge on any atom is -0.387 e. The number of β-amino-alcohol motifs (C(OH)–C–C–N with tert-alkyl or cyclic N) is 1. The van der Waals surface area contributed by atoms with Crippen LogP contribution in [0.15, 0.2) is 24.3 Å². The quantitative estimate of drug-likeness (QED) is 0.926. The zero-order chi connectivity index (χ0) is 15.5. The van der Waals surface area contributed by atoms with Crippen LogP contribution in [0.5, 0.6) is 0 Å². The maximum Gasteiger partial charge on any atom is 0.222 e. The van der Waals surface area contributed by atoms with Gasteiger partial charge in [0.05, 0.1) is 6.10 Å². The monoisotopic (exact) mass is 322 g/mol. The summed E-state index contributed by atoms with van der Waals surface area (Å²) in [7, 11) is 0. The Morgan fingerprint density at radius 2 is 1.86 bits per heavy atom. The van der Waals surface area contributed by atoms with Gasteiger partial charge in [0.25, 0.3) is 0 Å². The predicted molar refractivity (Wildman–Crippen MR) is 86.8 cm³/mol. The molecule has 0 aromatic heterocycles. The maximum absolute atomic E-state index is 11.8. The third-order valence-corrected chi connectivity index (χ3v) is 5.05. The van der Waals surface area contributed by atoms with Crippen LogP contribution in [0.2, 0.25) is 5.02 Å². The lowest BCUT2D eigenvalue weighted by Crippen LogP contribution is -2.46. The third-order valence-electron chi connectivity index (χ3n) is 4.79. The van der Waals surface area contributed by atoms with Crippen LogP contribution in [0, 0.1) is 0 Å². The van der Waals surface area contributed by atoms with Crippen molar-refractivity contribution in [2.24, 2.45) is 0 Å². The Labute approximate surface area is 136 Å². The van der Waals surface area contributed by atoms with Gasteiger partial charge in [0.15, 0.2) is 0 Å². The van der Waals surface area contributed by atoms with Gasteiger partial charge in [0.1, 0.15) is 0 Å². The van der Waals surface area contributed by atoms with Gasteiger partial charge in [-0.25, -0.2) is 0 Å². The molecule has 0 spiro atoms. The van der Waals surface area contributed by atoms with Gasteiger partial charge in [0.2, 0.25) is 5.91 Å². The average Bonchev–Trinajstić information content (AvgIpc) is 2.95. The van der Waals surface area contributed by atoms with Gasteiger partial charge in [-0.05, 0) is 37.0 Å². The molecule has 1 N–H and O–H groups in total. The predicted octanol–water partition coefficient (Wildman–Crippen LogP) is 2.46. The SMILES string of the molecule is O=C1CCCN1C1CCN(CC(O)c2ccc(Cl)cc2)CC1. The molecule has 0 bridgehead atoms. The number of nitrogens with zero attached hydrogens (tertiary/aromatic N) is 2. The van der Waals surface area contributed by atoms with Crippen molar-refractivity contribution in [2.45, 2.75) is 37.8 Å². The Hall–Kier alpha value is -1.10. The maximum atomic E-state index is 11.8. The molecule has 0 aliphatic carbocycles. The fourth-order valence-corrected chi connectivity index (χ4v) is 3.63. The number of carbonyl (C=O) groups is 1. The summed E-state index contributed by atoms with van der Waals surface area (Å²) in [6, 6.07) is 7.78. The molecule has 1 unspecified atom stereocenters. The highest BCUT2D eigenvalue weighted by atomic mass is 35.5. The second-order valence-electron chi connectivity index (χ2n) is 6.29. The first-order chi connectivity index (χ1) is 10.6. The third kappa shape index (κ3) is 3.62. The minimum atomic E-state index is -0.484. The lowest BCUT2D eigenvalue weighted by Gasteiger charge is -2.37. The van der Waals surface area contributed by atoms with Crippen molar-refractivity contribution in [2.75, 3.05) is 26.2 Å². The summed E-state index contributed by atoms with van der Waals surface area (Å²) in [5, 5.41) is 11.0. The van der Waals surface area contributed by atoms with Gasteiger partial charge in [-0.2, -0.15) is 0 Å². The first-order valence-corrected chi connectivity index (χ1v) is 8.46. The van der Waals surface area contributed by atoms with Crippen LogP contribution in [0.1, 0.15) is 37.4 Å². The molecular formula is C17H23ClN2O2. The molecule has 0 radical (unpaired) electrons. The normalized spacial score (nSPS) is 22.3. The van der Waals surface area contributed by atoms with Crippen LogP contribution >= 0.6 is 11.6 Å². The van der Waals surface area contributed by atoms with Gasteiger partial charge in [0, 0.05) is 43.7 Å². The summed E-state index contributed by atoms with van der Waals surface area (Å²) in [6.07, 6.45) is 3.27. The standard InChI is InChI=1S/C17H23ClN2O2/c18-14-5-3-13(4-6-14)16(21)12-19-10-7-15(8-11-19)20-9-1-2-17(20)22/h3-6,15-16,21H,1-2,7-12H2. The molecular weight excluding hydrogens is 300 g/mol. The zero-order valence-corrected chi connectivity index (χ0v) is 13.5. The zero-order valence-electron chi connectivity index (χ0n) is 12.7. The summed E-state index contributed by atoms with van der Waals surface area (Å²) in [5.41, 5.74) is 0.904. The molecule has 2 fully saturated rings. The van der Waals surface area contributed by atoms with Crippen molar-refractivity contribution in [3.8, 4) is 0 Å². The molecule has 3 rings (SSSR count).